The van der Waals surface area contributed by atoms with Gasteiger partial charge in [-0.2, -0.15) is 0 Å². The van der Waals surface area contributed by atoms with Crippen LogP contribution in [0.25, 0.3) is 0 Å². The average molecular weight is 296 g/mol. The Morgan fingerprint density at radius 2 is 1.67 bits per heavy atom. The van der Waals surface area contributed by atoms with Gasteiger partial charge in [-0.3, -0.25) is 0 Å². The molecule has 0 spiro atoms. The zero-order chi connectivity index (χ0) is 9.61. The number of hydrogen-bond acceptors (Lipinski definition) is 1. The maximum atomic E-state index is 5.98. The summed E-state index contributed by atoms with van der Waals surface area (Å²) in [4.78, 5) is 0. The van der Waals surface area contributed by atoms with Gasteiger partial charge in [-0.15, -0.1) is 0 Å². The molecule has 0 amide bonds. The van der Waals surface area contributed by atoms with Crippen molar-refractivity contribution in [3.63, 3.8) is 0 Å². The quantitative estimate of drug-likeness (QED) is 0.410. The van der Waals surface area contributed by atoms with Crippen LogP contribution in [0.4, 0.5) is 0 Å². The van der Waals surface area contributed by atoms with Crippen LogP contribution in [0.2, 0.25) is 15.8 Å². The van der Waals surface area contributed by atoms with Crippen LogP contribution in [0.15, 0.2) is 12.3 Å². The Kier molecular flexibility index (Phi) is 6.37. The van der Waals surface area contributed by atoms with Crippen molar-refractivity contribution in [3.05, 3.63) is 12.3 Å². The fraction of sp³-hybridized carbons (Fsp3) is 0.778. The summed E-state index contributed by atoms with van der Waals surface area (Å²) in [7, 11) is 0. The molecular formula is C9H19BrGeO. The zero-order valence-corrected chi connectivity index (χ0v) is 12.0. The van der Waals surface area contributed by atoms with E-state index < -0.39 is 13.6 Å². The van der Waals surface area contributed by atoms with Gasteiger partial charge in [-0.1, -0.05) is 0 Å². The molecule has 0 aromatic rings. The van der Waals surface area contributed by atoms with E-state index in [0.29, 0.717) is 0 Å². The van der Waals surface area contributed by atoms with Gasteiger partial charge in [-0.25, -0.2) is 0 Å². The second-order valence-corrected chi connectivity index (χ2v) is 13.4. The van der Waals surface area contributed by atoms with E-state index >= 15 is 0 Å². The Morgan fingerprint density at radius 1 is 1.25 bits per heavy atom. The van der Waals surface area contributed by atoms with Crippen molar-refractivity contribution in [3.8, 4) is 0 Å². The van der Waals surface area contributed by atoms with Gasteiger partial charge in [-0.05, 0) is 0 Å². The summed E-state index contributed by atoms with van der Waals surface area (Å²) in [5.74, 6) is 0.917. The first-order valence-corrected chi connectivity index (χ1v) is 11.0. The Balaban J connectivity index is 4.19. The molecule has 0 aromatic carbocycles. The van der Waals surface area contributed by atoms with Crippen LogP contribution >= 0.6 is 15.9 Å². The van der Waals surface area contributed by atoms with Gasteiger partial charge in [0.1, 0.15) is 0 Å². The van der Waals surface area contributed by atoms with Crippen LogP contribution in [0.5, 0.6) is 0 Å². The number of allylic oxidation sites excluding steroid dienone is 1. The number of rotatable bonds is 6. The summed E-state index contributed by atoms with van der Waals surface area (Å²) in [6.07, 6.45) is 0. The first-order chi connectivity index (χ1) is 5.64. The minimum absolute atomic E-state index is 0.778. The molecule has 3 heteroatoms. The van der Waals surface area contributed by atoms with Gasteiger partial charge in [0.05, 0.1) is 0 Å². The molecule has 0 unspecified atom stereocenters. The third-order valence-corrected chi connectivity index (χ3v) is 12.7. The Bertz CT molecular complexity index is 135. The summed E-state index contributed by atoms with van der Waals surface area (Å²) in [5.41, 5.74) is 0. The van der Waals surface area contributed by atoms with Gasteiger partial charge in [0, 0.05) is 0 Å². The van der Waals surface area contributed by atoms with Crippen LogP contribution in [0.3, 0.4) is 0 Å². The standard InChI is InChI=1S/C9H19BrGeO/c1-5-11(6-2,7-3)12-9(4)8-10/h4-8H2,1-3H3. The second kappa shape index (κ2) is 6.08. The molecule has 0 heterocycles. The molecule has 0 saturated carbocycles. The molecular weight excluding hydrogens is 277 g/mol. The van der Waals surface area contributed by atoms with Crippen molar-refractivity contribution in [1.82, 2.24) is 0 Å². The first kappa shape index (κ1) is 12.6. The molecule has 0 aliphatic rings. The topological polar surface area (TPSA) is 9.23 Å². The average Bonchev–Trinajstić information content (AvgIpc) is 2.14. The fourth-order valence-corrected chi connectivity index (χ4v) is 7.35. The van der Waals surface area contributed by atoms with Crippen molar-refractivity contribution in [1.29, 1.82) is 0 Å². The molecule has 0 atom stereocenters. The molecule has 1 nitrogen and oxygen atoms in total. The maximum absolute atomic E-state index is 5.98. The summed E-state index contributed by atoms with van der Waals surface area (Å²) in [5, 5.41) is 4.48. The predicted octanol–water partition coefficient (Wildman–Crippen LogP) is 3.92. The van der Waals surface area contributed by atoms with E-state index in [4.69, 9.17) is 3.76 Å². The fourth-order valence-electron chi connectivity index (χ4n) is 1.30. The van der Waals surface area contributed by atoms with E-state index in [0.717, 1.165) is 11.1 Å². The van der Waals surface area contributed by atoms with Crippen molar-refractivity contribution in [2.75, 3.05) is 5.33 Å². The SMILES string of the molecule is C=C(CBr)[O][Ge]([CH2]C)([CH2]C)[CH2]C. The van der Waals surface area contributed by atoms with Gasteiger partial charge >= 0.3 is 87.5 Å². The van der Waals surface area contributed by atoms with Crippen LogP contribution in [0, 0.1) is 0 Å². The third-order valence-electron chi connectivity index (χ3n) is 2.44. The molecule has 0 radical (unpaired) electrons. The summed E-state index contributed by atoms with van der Waals surface area (Å²) in [6, 6.07) is 0. The summed E-state index contributed by atoms with van der Waals surface area (Å²) >= 11 is 1.42. The molecule has 0 fully saturated rings. The number of hydrogen-bond donors (Lipinski definition) is 0. The Hall–Kier alpha value is 0.563. The van der Waals surface area contributed by atoms with Crippen LogP contribution in [-0.2, 0) is 3.76 Å². The number of halogens is 1. The van der Waals surface area contributed by atoms with Gasteiger partial charge < -0.3 is 0 Å². The third kappa shape index (κ3) is 3.52. The zero-order valence-electron chi connectivity index (χ0n) is 8.32. The van der Waals surface area contributed by atoms with Gasteiger partial charge in [0.15, 0.2) is 0 Å². The second-order valence-electron chi connectivity index (χ2n) is 3.02. The molecule has 0 aliphatic carbocycles. The first-order valence-electron chi connectivity index (χ1n) is 4.56. The molecule has 0 saturated heterocycles. The van der Waals surface area contributed by atoms with Crippen molar-refractivity contribution >= 4 is 29.5 Å². The summed E-state index contributed by atoms with van der Waals surface area (Å²) < 4.78 is 5.98. The van der Waals surface area contributed by atoms with E-state index in [-0.39, 0.29) is 0 Å². The Labute approximate surface area is 87.4 Å². The van der Waals surface area contributed by atoms with Crippen LogP contribution < -0.4 is 0 Å². The molecule has 72 valence electrons. The van der Waals surface area contributed by atoms with Crippen LogP contribution in [-0.4, -0.2) is 18.9 Å². The van der Waals surface area contributed by atoms with Crippen molar-refractivity contribution in [2.45, 2.75) is 36.5 Å². The molecule has 0 bridgehead atoms. The predicted molar refractivity (Wildman–Crippen MR) is 61.2 cm³/mol. The molecule has 12 heavy (non-hydrogen) atoms. The molecule has 0 aliphatic heterocycles. The number of alkyl halides is 1. The molecule has 0 aromatic heterocycles. The monoisotopic (exact) mass is 296 g/mol. The van der Waals surface area contributed by atoms with E-state index in [1.165, 1.54) is 15.8 Å². The van der Waals surface area contributed by atoms with E-state index in [1.807, 2.05) is 0 Å². The normalized spacial score (nSPS) is 11.3. The van der Waals surface area contributed by atoms with Crippen LogP contribution in [0.1, 0.15) is 20.8 Å². The Morgan fingerprint density at radius 3 is 1.92 bits per heavy atom. The van der Waals surface area contributed by atoms with Gasteiger partial charge in [0.25, 0.3) is 0 Å². The molecule has 0 rings (SSSR count). The van der Waals surface area contributed by atoms with E-state index in [9.17, 15) is 0 Å². The van der Waals surface area contributed by atoms with E-state index in [2.05, 4.69) is 43.3 Å². The van der Waals surface area contributed by atoms with Gasteiger partial charge in [0.2, 0.25) is 0 Å². The van der Waals surface area contributed by atoms with E-state index in [1.54, 1.807) is 0 Å². The minimum atomic E-state index is -1.94. The van der Waals surface area contributed by atoms with Crippen molar-refractivity contribution in [2.24, 2.45) is 0 Å². The van der Waals surface area contributed by atoms with Crippen molar-refractivity contribution < 1.29 is 3.76 Å². The summed E-state index contributed by atoms with van der Waals surface area (Å²) in [6.45, 7) is 10.6. The molecule has 0 N–H and O–H groups in total.